The standard InChI is InChI=1S/C14H18N2O3/c17-13(11-7-4-8-15-9-11)16-12(14(18)19)10-5-2-1-3-6-10/h1-3,5-6,11-12,15H,4,7-9H2,(H,16,17)(H,18,19)/t11-,12-/m0/s1. The van der Waals surface area contributed by atoms with Crippen molar-refractivity contribution in [2.45, 2.75) is 18.9 Å². The highest BCUT2D eigenvalue weighted by atomic mass is 16.4. The molecule has 1 amide bonds. The molecule has 1 heterocycles. The van der Waals surface area contributed by atoms with Crippen molar-refractivity contribution in [2.75, 3.05) is 13.1 Å². The van der Waals surface area contributed by atoms with Crippen LogP contribution in [0.1, 0.15) is 24.4 Å². The number of carboxylic acid groups (broad SMARTS) is 1. The largest absolute Gasteiger partial charge is 0.479 e. The van der Waals surface area contributed by atoms with E-state index in [2.05, 4.69) is 10.6 Å². The zero-order valence-electron chi connectivity index (χ0n) is 10.6. The number of piperidine rings is 1. The van der Waals surface area contributed by atoms with Crippen molar-refractivity contribution in [3.63, 3.8) is 0 Å². The van der Waals surface area contributed by atoms with Crippen molar-refractivity contribution in [2.24, 2.45) is 5.92 Å². The SMILES string of the molecule is O=C(N[C@H](C(=O)O)c1ccccc1)[C@H]1CCCNC1. The Kier molecular flexibility index (Phi) is 4.52. The predicted octanol–water partition coefficient (Wildman–Crippen LogP) is 0.928. The maximum atomic E-state index is 12.1. The molecule has 0 radical (unpaired) electrons. The molecule has 3 N–H and O–H groups in total. The van der Waals surface area contributed by atoms with Crippen molar-refractivity contribution in [1.29, 1.82) is 0 Å². The van der Waals surface area contributed by atoms with E-state index in [0.29, 0.717) is 12.1 Å². The minimum atomic E-state index is -1.04. The highest BCUT2D eigenvalue weighted by Crippen LogP contribution is 2.16. The van der Waals surface area contributed by atoms with E-state index in [1.165, 1.54) is 0 Å². The van der Waals surface area contributed by atoms with Gasteiger partial charge < -0.3 is 15.7 Å². The zero-order valence-corrected chi connectivity index (χ0v) is 10.6. The Hall–Kier alpha value is -1.88. The van der Waals surface area contributed by atoms with Gasteiger partial charge >= 0.3 is 5.97 Å². The van der Waals surface area contributed by atoms with Gasteiger partial charge in [-0.15, -0.1) is 0 Å². The molecule has 0 aliphatic carbocycles. The number of amides is 1. The zero-order chi connectivity index (χ0) is 13.7. The van der Waals surface area contributed by atoms with E-state index in [1.54, 1.807) is 24.3 Å². The van der Waals surface area contributed by atoms with Crippen LogP contribution in [0.25, 0.3) is 0 Å². The first-order chi connectivity index (χ1) is 9.18. The summed E-state index contributed by atoms with van der Waals surface area (Å²) in [5, 5.41) is 15.0. The molecule has 19 heavy (non-hydrogen) atoms. The lowest BCUT2D eigenvalue weighted by Crippen LogP contribution is -2.43. The molecule has 1 aromatic rings. The van der Waals surface area contributed by atoms with Gasteiger partial charge in [-0.1, -0.05) is 30.3 Å². The first kappa shape index (κ1) is 13.5. The minimum Gasteiger partial charge on any atom is -0.479 e. The number of carboxylic acids is 1. The predicted molar refractivity (Wildman–Crippen MR) is 70.6 cm³/mol. The second kappa shape index (κ2) is 6.33. The molecule has 0 saturated carbocycles. The van der Waals surface area contributed by atoms with Gasteiger partial charge in [-0.25, -0.2) is 4.79 Å². The summed E-state index contributed by atoms with van der Waals surface area (Å²) in [5.74, 6) is -1.37. The van der Waals surface area contributed by atoms with E-state index < -0.39 is 12.0 Å². The molecule has 0 spiro atoms. The fourth-order valence-corrected chi connectivity index (χ4v) is 2.27. The van der Waals surface area contributed by atoms with Crippen LogP contribution < -0.4 is 10.6 Å². The van der Waals surface area contributed by atoms with Crippen LogP contribution in [0.5, 0.6) is 0 Å². The topological polar surface area (TPSA) is 78.4 Å². The van der Waals surface area contributed by atoms with Crippen LogP contribution >= 0.6 is 0 Å². The normalized spacial score (nSPS) is 20.5. The molecule has 1 saturated heterocycles. The molecule has 1 aromatic carbocycles. The number of aliphatic carboxylic acids is 1. The molecule has 102 valence electrons. The van der Waals surface area contributed by atoms with Crippen molar-refractivity contribution < 1.29 is 14.7 Å². The van der Waals surface area contributed by atoms with Gasteiger partial charge in [-0.3, -0.25) is 4.79 Å². The van der Waals surface area contributed by atoms with E-state index in [-0.39, 0.29) is 11.8 Å². The Balaban J connectivity index is 2.04. The first-order valence-electron chi connectivity index (χ1n) is 6.47. The maximum Gasteiger partial charge on any atom is 0.330 e. The maximum absolute atomic E-state index is 12.1. The van der Waals surface area contributed by atoms with Gasteiger partial charge in [-0.05, 0) is 24.9 Å². The summed E-state index contributed by atoms with van der Waals surface area (Å²) < 4.78 is 0. The average molecular weight is 262 g/mol. The van der Waals surface area contributed by atoms with E-state index in [9.17, 15) is 14.7 Å². The third kappa shape index (κ3) is 3.54. The van der Waals surface area contributed by atoms with Crippen molar-refractivity contribution >= 4 is 11.9 Å². The highest BCUT2D eigenvalue weighted by Gasteiger charge is 2.27. The Morgan fingerprint density at radius 3 is 2.63 bits per heavy atom. The van der Waals surface area contributed by atoms with Crippen LogP contribution in [0.3, 0.4) is 0 Å². The van der Waals surface area contributed by atoms with Crippen molar-refractivity contribution in [3.05, 3.63) is 35.9 Å². The molecular weight excluding hydrogens is 244 g/mol. The van der Waals surface area contributed by atoms with Crippen LogP contribution in [0.15, 0.2) is 30.3 Å². The van der Waals surface area contributed by atoms with Gasteiger partial charge in [0.15, 0.2) is 6.04 Å². The van der Waals surface area contributed by atoms with Gasteiger partial charge in [0, 0.05) is 6.54 Å². The Morgan fingerprint density at radius 1 is 1.32 bits per heavy atom. The Morgan fingerprint density at radius 2 is 2.05 bits per heavy atom. The lowest BCUT2D eigenvalue weighted by molar-refractivity contribution is -0.142. The quantitative estimate of drug-likeness (QED) is 0.754. The number of hydrogen-bond acceptors (Lipinski definition) is 3. The number of benzene rings is 1. The molecule has 5 heteroatoms. The van der Waals surface area contributed by atoms with E-state index in [1.807, 2.05) is 6.07 Å². The van der Waals surface area contributed by atoms with Gasteiger partial charge in [0.05, 0.1) is 5.92 Å². The van der Waals surface area contributed by atoms with Crippen LogP contribution in [-0.4, -0.2) is 30.1 Å². The van der Waals surface area contributed by atoms with Crippen LogP contribution in [-0.2, 0) is 9.59 Å². The summed E-state index contributed by atoms with van der Waals surface area (Å²) >= 11 is 0. The fourth-order valence-electron chi connectivity index (χ4n) is 2.27. The lowest BCUT2D eigenvalue weighted by Gasteiger charge is -2.24. The summed E-state index contributed by atoms with van der Waals surface area (Å²) in [6, 6.07) is 7.78. The van der Waals surface area contributed by atoms with Crippen molar-refractivity contribution in [1.82, 2.24) is 10.6 Å². The van der Waals surface area contributed by atoms with Crippen LogP contribution in [0.4, 0.5) is 0 Å². The Bertz CT molecular complexity index is 441. The molecular formula is C14H18N2O3. The number of carbonyl (C=O) groups excluding carboxylic acids is 1. The molecule has 1 aliphatic heterocycles. The first-order valence-corrected chi connectivity index (χ1v) is 6.47. The monoisotopic (exact) mass is 262 g/mol. The molecule has 0 bridgehead atoms. The highest BCUT2D eigenvalue weighted by molar-refractivity contribution is 5.86. The van der Waals surface area contributed by atoms with Gasteiger partial charge in [0.2, 0.25) is 5.91 Å². The van der Waals surface area contributed by atoms with Crippen LogP contribution in [0.2, 0.25) is 0 Å². The Labute approximate surface area is 112 Å². The summed E-state index contributed by atoms with van der Waals surface area (Å²) in [6.45, 7) is 1.54. The summed E-state index contributed by atoms with van der Waals surface area (Å²) in [7, 11) is 0. The molecule has 0 aromatic heterocycles. The van der Waals surface area contributed by atoms with Gasteiger partial charge in [-0.2, -0.15) is 0 Å². The molecule has 2 rings (SSSR count). The van der Waals surface area contributed by atoms with Gasteiger partial charge in [0.25, 0.3) is 0 Å². The van der Waals surface area contributed by atoms with Crippen molar-refractivity contribution in [3.8, 4) is 0 Å². The average Bonchev–Trinajstić information content (AvgIpc) is 2.46. The van der Waals surface area contributed by atoms with Crippen LogP contribution in [0, 0.1) is 5.92 Å². The molecule has 0 unspecified atom stereocenters. The number of hydrogen-bond donors (Lipinski definition) is 3. The second-order valence-corrected chi connectivity index (χ2v) is 4.73. The molecule has 1 aliphatic rings. The van der Waals surface area contributed by atoms with E-state index in [0.717, 1.165) is 19.4 Å². The third-order valence-corrected chi connectivity index (χ3v) is 3.33. The summed E-state index contributed by atoms with van der Waals surface area (Å²) in [5.41, 5.74) is 0.590. The molecule has 5 nitrogen and oxygen atoms in total. The second-order valence-electron chi connectivity index (χ2n) is 4.73. The number of rotatable bonds is 4. The summed E-state index contributed by atoms with van der Waals surface area (Å²) in [6.07, 6.45) is 1.75. The lowest BCUT2D eigenvalue weighted by atomic mass is 9.97. The molecule has 2 atom stereocenters. The summed E-state index contributed by atoms with van der Waals surface area (Å²) in [4.78, 5) is 23.4. The smallest absolute Gasteiger partial charge is 0.330 e. The minimum absolute atomic E-state index is 0.140. The van der Waals surface area contributed by atoms with Gasteiger partial charge in [0.1, 0.15) is 0 Å². The fraction of sp³-hybridized carbons (Fsp3) is 0.429. The molecule has 1 fully saturated rings. The number of carbonyl (C=O) groups is 2. The number of nitrogens with one attached hydrogen (secondary N) is 2. The van der Waals surface area contributed by atoms with E-state index in [4.69, 9.17) is 0 Å². The third-order valence-electron chi connectivity index (χ3n) is 3.33. The van der Waals surface area contributed by atoms with E-state index >= 15 is 0 Å².